The summed E-state index contributed by atoms with van der Waals surface area (Å²) in [6.45, 7) is 6.05. The number of aromatic nitrogens is 4. The van der Waals surface area contributed by atoms with Crippen molar-refractivity contribution in [2.75, 3.05) is 13.7 Å². The molecule has 0 aliphatic rings. The summed E-state index contributed by atoms with van der Waals surface area (Å²) in [4.78, 5) is 6.40. The van der Waals surface area contributed by atoms with Crippen LogP contribution >= 0.6 is 12.2 Å². The molecule has 2 aromatic carbocycles. The molecule has 4 rings (SSSR count). The minimum Gasteiger partial charge on any atom is -0.497 e. The average molecular weight is 499 g/mol. The summed E-state index contributed by atoms with van der Waals surface area (Å²) in [6, 6.07) is 22.4. The first-order chi connectivity index (χ1) is 17.5. The van der Waals surface area contributed by atoms with Gasteiger partial charge in [-0.1, -0.05) is 38.1 Å². The van der Waals surface area contributed by atoms with Crippen LogP contribution < -0.4 is 4.74 Å². The van der Waals surface area contributed by atoms with E-state index in [1.54, 1.807) is 13.3 Å². The average Bonchev–Trinajstić information content (AvgIpc) is 3.23. The summed E-state index contributed by atoms with van der Waals surface area (Å²) in [6.07, 6.45) is 4.02. The Balaban J connectivity index is 1.81. The number of ether oxygens (including phenoxy) is 1. The van der Waals surface area contributed by atoms with E-state index < -0.39 is 0 Å². The zero-order chi connectivity index (χ0) is 25.5. The van der Waals surface area contributed by atoms with Crippen molar-refractivity contribution in [3.05, 3.63) is 89.0 Å². The molecule has 36 heavy (non-hydrogen) atoms. The predicted octanol–water partition coefficient (Wildman–Crippen LogP) is 5.97. The minimum atomic E-state index is 0.313. The van der Waals surface area contributed by atoms with E-state index in [-0.39, 0.29) is 0 Å². The number of rotatable bonds is 10. The first kappa shape index (κ1) is 25.3. The largest absolute Gasteiger partial charge is 0.497 e. The van der Waals surface area contributed by atoms with E-state index in [1.165, 1.54) is 5.56 Å². The number of benzene rings is 2. The van der Waals surface area contributed by atoms with Gasteiger partial charge >= 0.3 is 0 Å². The highest BCUT2D eigenvalue weighted by Gasteiger charge is 2.19. The summed E-state index contributed by atoms with van der Waals surface area (Å²) < 4.78 is 9.86. The van der Waals surface area contributed by atoms with Gasteiger partial charge in [-0.25, -0.2) is 4.68 Å². The van der Waals surface area contributed by atoms with Crippen molar-refractivity contribution in [1.82, 2.24) is 24.2 Å². The van der Waals surface area contributed by atoms with Crippen LogP contribution in [0, 0.1) is 16.1 Å². The number of nitrogens with zero attached hydrogens (tertiary/aromatic N) is 6. The molecule has 0 atom stereocenters. The molecule has 0 spiro atoms. The summed E-state index contributed by atoms with van der Waals surface area (Å²) in [5.41, 5.74) is 4.22. The quantitative estimate of drug-likeness (QED) is 0.251. The Hall–Kier alpha value is -3.80. The maximum Gasteiger partial charge on any atom is 0.204 e. The molecule has 0 amide bonds. The molecule has 0 aliphatic heterocycles. The molecule has 0 aliphatic carbocycles. The van der Waals surface area contributed by atoms with Crippen molar-refractivity contribution < 1.29 is 4.74 Å². The molecule has 8 heteroatoms. The second-order valence-corrected chi connectivity index (χ2v) is 9.21. The van der Waals surface area contributed by atoms with Crippen LogP contribution in [0.4, 0.5) is 0 Å². The lowest BCUT2D eigenvalue weighted by Crippen LogP contribution is -2.28. The van der Waals surface area contributed by atoms with Crippen LogP contribution in [0.3, 0.4) is 0 Å². The van der Waals surface area contributed by atoms with Crippen molar-refractivity contribution in [3.63, 3.8) is 0 Å². The van der Waals surface area contributed by atoms with Crippen molar-refractivity contribution in [2.45, 2.75) is 39.4 Å². The van der Waals surface area contributed by atoms with Crippen molar-refractivity contribution >= 4 is 12.2 Å². The summed E-state index contributed by atoms with van der Waals surface area (Å²) in [7, 11) is 1.65. The first-order valence-electron chi connectivity index (χ1n) is 11.9. The third-order valence-electron chi connectivity index (χ3n) is 5.99. The van der Waals surface area contributed by atoms with Gasteiger partial charge in [0.05, 0.1) is 25.5 Å². The van der Waals surface area contributed by atoms with Crippen molar-refractivity contribution in [2.24, 2.45) is 0 Å². The SMILES string of the molecule is COc1ccc(-c2nn(CN(CCC#N)Cc3cccnc3)c(=S)n2-c2ccccc2C(C)C)cc1. The number of hydrogen-bond acceptors (Lipinski definition) is 6. The molecule has 0 saturated heterocycles. The predicted molar refractivity (Wildman–Crippen MR) is 143 cm³/mol. The van der Waals surface area contributed by atoms with E-state index in [9.17, 15) is 5.26 Å². The Bertz CT molecular complexity index is 1390. The van der Waals surface area contributed by atoms with Crippen LogP contribution in [0.2, 0.25) is 0 Å². The molecule has 0 N–H and O–H groups in total. The Morgan fingerprint density at radius 1 is 1.08 bits per heavy atom. The second-order valence-electron chi connectivity index (χ2n) is 8.85. The lowest BCUT2D eigenvalue weighted by molar-refractivity contribution is 0.201. The van der Waals surface area contributed by atoms with Crippen LogP contribution in [0.1, 0.15) is 37.3 Å². The number of hydrogen-bond donors (Lipinski definition) is 0. The molecular formula is C28H30N6OS. The molecule has 0 bridgehead atoms. The Morgan fingerprint density at radius 2 is 1.86 bits per heavy atom. The van der Waals surface area contributed by atoms with Gasteiger partial charge in [0, 0.05) is 37.5 Å². The zero-order valence-corrected chi connectivity index (χ0v) is 21.7. The van der Waals surface area contributed by atoms with Crippen LogP contribution in [0.5, 0.6) is 5.75 Å². The topological polar surface area (TPSA) is 71.9 Å². The fraction of sp³-hybridized carbons (Fsp3) is 0.286. The Kier molecular flexibility index (Phi) is 8.26. The van der Waals surface area contributed by atoms with E-state index >= 15 is 0 Å². The smallest absolute Gasteiger partial charge is 0.204 e. The summed E-state index contributed by atoms with van der Waals surface area (Å²) >= 11 is 6.02. The number of para-hydroxylation sites is 1. The fourth-order valence-corrected chi connectivity index (χ4v) is 4.45. The van der Waals surface area contributed by atoms with Crippen LogP contribution in [-0.2, 0) is 13.2 Å². The maximum atomic E-state index is 9.23. The first-order valence-corrected chi connectivity index (χ1v) is 12.3. The van der Waals surface area contributed by atoms with Gasteiger partial charge in [-0.2, -0.15) is 5.26 Å². The molecular weight excluding hydrogens is 468 g/mol. The van der Waals surface area contributed by atoms with Gasteiger partial charge in [-0.05, 0) is 65.7 Å². The summed E-state index contributed by atoms with van der Waals surface area (Å²) in [5, 5.41) is 14.2. The molecule has 184 valence electrons. The lowest BCUT2D eigenvalue weighted by Gasteiger charge is -2.20. The molecule has 0 saturated carbocycles. The van der Waals surface area contributed by atoms with Gasteiger partial charge in [0.2, 0.25) is 4.77 Å². The maximum absolute atomic E-state index is 9.23. The van der Waals surface area contributed by atoms with E-state index in [4.69, 9.17) is 22.1 Å². The van der Waals surface area contributed by atoms with Gasteiger partial charge in [0.15, 0.2) is 5.82 Å². The highest BCUT2D eigenvalue weighted by Crippen LogP contribution is 2.29. The van der Waals surface area contributed by atoms with Crippen LogP contribution in [0.15, 0.2) is 73.1 Å². The molecule has 0 fully saturated rings. The minimum absolute atomic E-state index is 0.313. The van der Waals surface area contributed by atoms with Gasteiger partial charge in [-0.15, -0.1) is 5.10 Å². The molecule has 0 unspecified atom stereocenters. The van der Waals surface area contributed by atoms with E-state index in [0.29, 0.717) is 36.9 Å². The van der Waals surface area contributed by atoms with Crippen LogP contribution in [0.25, 0.3) is 17.1 Å². The van der Waals surface area contributed by atoms with Gasteiger partial charge in [0.1, 0.15) is 5.75 Å². The highest BCUT2D eigenvalue weighted by atomic mass is 32.1. The Labute approximate surface area is 217 Å². The van der Waals surface area contributed by atoms with Crippen molar-refractivity contribution in [1.29, 1.82) is 5.26 Å². The second kappa shape index (κ2) is 11.8. The molecule has 2 aromatic heterocycles. The molecule has 2 heterocycles. The highest BCUT2D eigenvalue weighted by molar-refractivity contribution is 7.71. The standard InChI is InChI=1S/C28H30N6OS/c1-21(2)25-9-4-5-10-26(25)34-27(23-11-13-24(35-3)14-12-23)31-33(28(34)36)20-32(17-7-15-29)19-22-8-6-16-30-18-22/h4-6,8-14,16,18,21H,7,17,19-20H2,1-3H3. The number of methoxy groups -OCH3 is 1. The van der Waals surface area contributed by atoms with E-state index in [0.717, 1.165) is 28.4 Å². The van der Waals surface area contributed by atoms with Gasteiger partial charge < -0.3 is 4.74 Å². The third kappa shape index (κ3) is 5.70. The van der Waals surface area contributed by atoms with E-state index in [1.807, 2.05) is 53.3 Å². The monoisotopic (exact) mass is 498 g/mol. The van der Waals surface area contributed by atoms with Crippen molar-refractivity contribution in [3.8, 4) is 28.9 Å². The normalized spacial score (nSPS) is 11.1. The third-order valence-corrected chi connectivity index (χ3v) is 6.38. The van der Waals surface area contributed by atoms with Gasteiger partial charge in [-0.3, -0.25) is 14.5 Å². The molecule has 7 nitrogen and oxygen atoms in total. The summed E-state index contributed by atoms with van der Waals surface area (Å²) in [5.74, 6) is 1.86. The van der Waals surface area contributed by atoms with E-state index in [2.05, 4.69) is 52.6 Å². The van der Waals surface area contributed by atoms with Crippen LogP contribution in [-0.4, -0.2) is 37.9 Å². The fourth-order valence-electron chi connectivity index (χ4n) is 4.17. The van der Waals surface area contributed by atoms with Gasteiger partial charge in [0.25, 0.3) is 0 Å². The lowest BCUT2D eigenvalue weighted by atomic mass is 10.0. The number of nitriles is 1. The number of pyridine rings is 1. The molecule has 4 aromatic rings. The Morgan fingerprint density at radius 3 is 2.53 bits per heavy atom. The zero-order valence-electron chi connectivity index (χ0n) is 20.8. The molecule has 0 radical (unpaired) electrons.